The van der Waals surface area contributed by atoms with Crippen LogP contribution < -0.4 is 10.6 Å². The Labute approximate surface area is 86.0 Å². The van der Waals surface area contributed by atoms with E-state index in [0.717, 1.165) is 19.6 Å². The van der Waals surface area contributed by atoms with Gasteiger partial charge in [-0.15, -0.1) is 0 Å². The van der Waals surface area contributed by atoms with Gasteiger partial charge in [-0.05, 0) is 26.4 Å². The second-order valence-electron chi connectivity index (χ2n) is 4.25. The van der Waals surface area contributed by atoms with Crippen LogP contribution in [-0.2, 0) is 4.79 Å². The van der Waals surface area contributed by atoms with E-state index in [4.69, 9.17) is 0 Å². The molecule has 1 saturated heterocycles. The van der Waals surface area contributed by atoms with Crippen LogP contribution in [0.3, 0.4) is 0 Å². The Bertz CT molecular complexity index is 196. The largest absolute Gasteiger partial charge is 0.353 e. The average molecular weight is 199 g/mol. The molecule has 1 heterocycles. The van der Waals surface area contributed by atoms with Crippen molar-refractivity contribution >= 4 is 5.91 Å². The smallest absolute Gasteiger partial charge is 0.234 e. The summed E-state index contributed by atoms with van der Waals surface area (Å²) in [5, 5.41) is 6.03. The van der Waals surface area contributed by atoms with Gasteiger partial charge in [-0.3, -0.25) is 9.69 Å². The number of carbonyl (C=O) groups excluding carboxylic acids is 1. The molecule has 0 spiro atoms. The maximum Gasteiger partial charge on any atom is 0.234 e. The van der Waals surface area contributed by atoms with Crippen LogP contribution in [0.5, 0.6) is 0 Å². The minimum absolute atomic E-state index is 0.153. The lowest BCUT2D eigenvalue weighted by molar-refractivity contribution is -0.125. The van der Waals surface area contributed by atoms with Gasteiger partial charge < -0.3 is 10.6 Å². The number of carbonyl (C=O) groups is 1. The monoisotopic (exact) mass is 199 g/mol. The molecule has 82 valence electrons. The maximum atomic E-state index is 11.2. The van der Waals surface area contributed by atoms with Crippen molar-refractivity contribution in [1.82, 2.24) is 15.5 Å². The number of nitrogens with zero attached hydrogens (tertiary/aromatic N) is 1. The average Bonchev–Trinajstić information content (AvgIpc) is 2.12. The van der Waals surface area contributed by atoms with Crippen LogP contribution in [0.1, 0.15) is 13.8 Å². The summed E-state index contributed by atoms with van der Waals surface area (Å²) in [7, 11) is 1.96. The van der Waals surface area contributed by atoms with Crippen LogP contribution in [0.4, 0.5) is 0 Å². The van der Waals surface area contributed by atoms with E-state index in [-0.39, 0.29) is 5.91 Å². The maximum absolute atomic E-state index is 11.2. The molecule has 1 aliphatic heterocycles. The number of piperazine rings is 1. The summed E-state index contributed by atoms with van der Waals surface area (Å²) in [6.45, 7) is 7.70. The Balaban J connectivity index is 2.37. The van der Waals surface area contributed by atoms with E-state index in [1.165, 1.54) is 0 Å². The first-order valence-corrected chi connectivity index (χ1v) is 5.28. The van der Waals surface area contributed by atoms with E-state index in [1.807, 2.05) is 7.05 Å². The number of hydrogen-bond acceptors (Lipinski definition) is 3. The highest BCUT2D eigenvalue weighted by atomic mass is 16.2. The summed E-state index contributed by atoms with van der Waals surface area (Å²) >= 11 is 0. The summed E-state index contributed by atoms with van der Waals surface area (Å²) in [5.41, 5.74) is 0. The third kappa shape index (κ3) is 3.27. The van der Waals surface area contributed by atoms with Gasteiger partial charge in [0.25, 0.3) is 0 Å². The van der Waals surface area contributed by atoms with Crippen molar-refractivity contribution in [1.29, 1.82) is 0 Å². The van der Waals surface area contributed by atoms with Gasteiger partial charge in [-0.25, -0.2) is 0 Å². The molecule has 2 unspecified atom stereocenters. The van der Waals surface area contributed by atoms with Gasteiger partial charge in [0.15, 0.2) is 0 Å². The molecule has 0 radical (unpaired) electrons. The summed E-state index contributed by atoms with van der Waals surface area (Å²) in [5.74, 6) is 0.744. The van der Waals surface area contributed by atoms with E-state index >= 15 is 0 Å². The first-order valence-electron chi connectivity index (χ1n) is 5.28. The highest BCUT2D eigenvalue weighted by Gasteiger charge is 2.23. The number of rotatable bonds is 4. The minimum Gasteiger partial charge on any atom is -0.353 e. The number of amides is 1. The zero-order valence-electron chi connectivity index (χ0n) is 9.34. The third-order valence-electron chi connectivity index (χ3n) is 2.66. The van der Waals surface area contributed by atoms with E-state index < -0.39 is 0 Å². The molecular weight excluding hydrogens is 178 g/mol. The van der Waals surface area contributed by atoms with Crippen LogP contribution in [0.2, 0.25) is 0 Å². The topological polar surface area (TPSA) is 44.4 Å². The van der Waals surface area contributed by atoms with Crippen molar-refractivity contribution < 1.29 is 4.79 Å². The van der Waals surface area contributed by atoms with Gasteiger partial charge in [-0.2, -0.15) is 0 Å². The lowest BCUT2D eigenvalue weighted by Gasteiger charge is -2.34. The van der Waals surface area contributed by atoms with Crippen molar-refractivity contribution in [2.75, 3.05) is 33.2 Å². The van der Waals surface area contributed by atoms with E-state index in [1.54, 1.807) is 0 Å². The van der Waals surface area contributed by atoms with E-state index in [9.17, 15) is 4.79 Å². The summed E-state index contributed by atoms with van der Waals surface area (Å²) in [6.07, 6.45) is 0. The first kappa shape index (κ1) is 11.5. The SMILES string of the molecule is CNCC(C)CN1CC(=O)NCC1C. The Morgan fingerprint density at radius 2 is 2.43 bits per heavy atom. The molecule has 4 heteroatoms. The van der Waals surface area contributed by atoms with E-state index in [2.05, 4.69) is 29.4 Å². The Morgan fingerprint density at radius 1 is 1.71 bits per heavy atom. The van der Waals surface area contributed by atoms with Crippen LogP contribution in [0, 0.1) is 5.92 Å². The molecule has 2 N–H and O–H groups in total. The fourth-order valence-corrected chi connectivity index (χ4v) is 1.84. The Morgan fingerprint density at radius 3 is 3.07 bits per heavy atom. The fraction of sp³-hybridized carbons (Fsp3) is 0.900. The van der Waals surface area contributed by atoms with Crippen LogP contribution in [-0.4, -0.2) is 50.1 Å². The highest BCUT2D eigenvalue weighted by molar-refractivity contribution is 5.78. The van der Waals surface area contributed by atoms with Crippen molar-refractivity contribution in [2.24, 2.45) is 5.92 Å². The Kier molecular flexibility index (Phi) is 4.35. The lowest BCUT2D eigenvalue weighted by atomic mass is 10.1. The van der Waals surface area contributed by atoms with Gasteiger partial charge in [0.1, 0.15) is 0 Å². The molecule has 14 heavy (non-hydrogen) atoms. The quantitative estimate of drug-likeness (QED) is 0.651. The molecule has 1 fully saturated rings. The van der Waals surface area contributed by atoms with E-state index in [0.29, 0.717) is 18.5 Å². The standard InChI is InChI=1S/C10H21N3O/c1-8(4-11-3)6-13-7-10(14)12-5-9(13)2/h8-9,11H,4-7H2,1-3H3,(H,12,14). The second kappa shape index (κ2) is 5.32. The molecule has 0 aromatic carbocycles. The van der Waals surface area contributed by atoms with Gasteiger partial charge in [-0.1, -0.05) is 6.92 Å². The molecular formula is C10H21N3O. The van der Waals surface area contributed by atoms with Gasteiger partial charge in [0, 0.05) is 19.1 Å². The molecule has 2 atom stereocenters. The molecule has 0 aliphatic carbocycles. The predicted octanol–water partition coefficient (Wildman–Crippen LogP) is -0.338. The minimum atomic E-state index is 0.153. The fourth-order valence-electron chi connectivity index (χ4n) is 1.84. The zero-order chi connectivity index (χ0) is 10.6. The van der Waals surface area contributed by atoms with Gasteiger partial charge in [0.05, 0.1) is 6.54 Å². The molecule has 0 saturated carbocycles. The number of hydrogen-bond donors (Lipinski definition) is 2. The summed E-state index contributed by atoms with van der Waals surface area (Å²) < 4.78 is 0. The lowest BCUT2D eigenvalue weighted by Crippen LogP contribution is -2.54. The molecule has 0 aromatic rings. The van der Waals surface area contributed by atoms with Crippen LogP contribution in [0.15, 0.2) is 0 Å². The predicted molar refractivity (Wildman–Crippen MR) is 57.1 cm³/mol. The van der Waals surface area contributed by atoms with Gasteiger partial charge in [0.2, 0.25) is 5.91 Å². The van der Waals surface area contributed by atoms with Crippen molar-refractivity contribution in [2.45, 2.75) is 19.9 Å². The second-order valence-corrected chi connectivity index (χ2v) is 4.25. The highest BCUT2D eigenvalue weighted by Crippen LogP contribution is 2.06. The van der Waals surface area contributed by atoms with Crippen LogP contribution in [0.25, 0.3) is 0 Å². The number of nitrogens with one attached hydrogen (secondary N) is 2. The molecule has 1 amide bonds. The molecule has 4 nitrogen and oxygen atoms in total. The van der Waals surface area contributed by atoms with Crippen molar-refractivity contribution in [3.63, 3.8) is 0 Å². The van der Waals surface area contributed by atoms with Crippen LogP contribution >= 0.6 is 0 Å². The normalized spacial score (nSPS) is 25.9. The molecule has 1 aliphatic rings. The zero-order valence-corrected chi connectivity index (χ0v) is 9.34. The van der Waals surface area contributed by atoms with Gasteiger partial charge >= 0.3 is 0 Å². The Hall–Kier alpha value is -0.610. The van der Waals surface area contributed by atoms with Crippen molar-refractivity contribution in [3.8, 4) is 0 Å². The summed E-state index contributed by atoms with van der Waals surface area (Å²) in [6, 6.07) is 0.465. The first-order chi connectivity index (χ1) is 6.63. The molecule has 0 bridgehead atoms. The third-order valence-corrected chi connectivity index (χ3v) is 2.66. The van der Waals surface area contributed by atoms with Crippen molar-refractivity contribution in [3.05, 3.63) is 0 Å². The summed E-state index contributed by atoms with van der Waals surface area (Å²) in [4.78, 5) is 13.4. The molecule has 0 aromatic heterocycles. The molecule has 1 rings (SSSR count).